The van der Waals surface area contributed by atoms with Crippen molar-refractivity contribution in [2.45, 2.75) is 76.3 Å². The summed E-state index contributed by atoms with van der Waals surface area (Å²) in [5.41, 5.74) is 2.91. The Kier molecular flexibility index (Phi) is 6.52. The second kappa shape index (κ2) is 9.57. The number of carbonyl (C=O) groups excluding carboxylic acids is 1. The highest BCUT2D eigenvalue weighted by Gasteiger charge is 2.31. The standard InChI is InChI=1S/C28H33F2N3O/c1-28(29,30)24-8-4-3-7-22(24)18-33-26-14-9-20(19-34)17-25(26)31-27(33)21-10-12-23(13-11-21)32-15-5-2-6-16-32/h3-4,7-9,14,17,19,21,23H,2,5-6,10-13,15-16,18H2,1H3. The van der Waals surface area contributed by atoms with E-state index in [0.717, 1.165) is 55.8 Å². The number of carbonyl (C=O) groups is 1. The minimum absolute atomic E-state index is 0.0566. The van der Waals surface area contributed by atoms with Crippen LogP contribution in [0, 0.1) is 0 Å². The lowest BCUT2D eigenvalue weighted by Crippen LogP contribution is -2.41. The molecule has 0 amide bonds. The van der Waals surface area contributed by atoms with Gasteiger partial charge in [-0.1, -0.05) is 30.7 Å². The normalized spacial score (nSPS) is 22.2. The van der Waals surface area contributed by atoms with E-state index in [2.05, 4.69) is 9.47 Å². The van der Waals surface area contributed by atoms with Gasteiger partial charge in [-0.2, -0.15) is 0 Å². The van der Waals surface area contributed by atoms with Gasteiger partial charge in [-0.3, -0.25) is 4.79 Å². The average Bonchev–Trinajstić information content (AvgIpc) is 3.21. The fourth-order valence-electron chi connectivity index (χ4n) is 5.96. The molecule has 34 heavy (non-hydrogen) atoms. The third-order valence-corrected chi connectivity index (χ3v) is 7.73. The van der Waals surface area contributed by atoms with Gasteiger partial charge in [0.15, 0.2) is 0 Å². The number of fused-ring (bicyclic) bond motifs is 1. The zero-order valence-electron chi connectivity index (χ0n) is 19.9. The van der Waals surface area contributed by atoms with E-state index in [1.165, 1.54) is 38.4 Å². The van der Waals surface area contributed by atoms with E-state index in [1.54, 1.807) is 18.2 Å². The molecule has 6 heteroatoms. The predicted molar refractivity (Wildman–Crippen MR) is 131 cm³/mol. The van der Waals surface area contributed by atoms with Crippen molar-refractivity contribution in [3.63, 3.8) is 0 Å². The molecule has 1 aliphatic carbocycles. The molecular formula is C28H33F2N3O. The third-order valence-electron chi connectivity index (χ3n) is 7.73. The first-order valence-electron chi connectivity index (χ1n) is 12.6. The number of rotatable bonds is 6. The fourth-order valence-corrected chi connectivity index (χ4v) is 5.96. The maximum Gasteiger partial charge on any atom is 0.270 e. The van der Waals surface area contributed by atoms with Gasteiger partial charge in [0.25, 0.3) is 5.92 Å². The molecule has 4 nitrogen and oxygen atoms in total. The van der Waals surface area contributed by atoms with E-state index in [0.29, 0.717) is 29.6 Å². The van der Waals surface area contributed by atoms with Crippen LogP contribution in [0.3, 0.4) is 0 Å². The molecule has 1 aliphatic heterocycles. The Bertz CT molecular complexity index is 1150. The molecule has 180 valence electrons. The number of alkyl halides is 2. The third kappa shape index (κ3) is 4.65. The summed E-state index contributed by atoms with van der Waals surface area (Å²) in [5.74, 6) is -1.66. The van der Waals surface area contributed by atoms with Crippen molar-refractivity contribution < 1.29 is 13.6 Å². The fraction of sp³-hybridized carbons (Fsp3) is 0.500. The molecule has 2 aliphatic rings. The summed E-state index contributed by atoms with van der Waals surface area (Å²) in [6.07, 6.45) is 9.18. The Balaban J connectivity index is 1.47. The summed E-state index contributed by atoms with van der Waals surface area (Å²) >= 11 is 0. The zero-order chi connectivity index (χ0) is 23.7. The number of imidazole rings is 1. The lowest BCUT2D eigenvalue weighted by Gasteiger charge is -2.38. The maximum atomic E-state index is 14.4. The number of aldehydes is 1. The van der Waals surface area contributed by atoms with Gasteiger partial charge >= 0.3 is 0 Å². The van der Waals surface area contributed by atoms with Crippen LogP contribution in [0.2, 0.25) is 0 Å². The molecule has 2 fully saturated rings. The Hall–Kier alpha value is -2.60. The van der Waals surface area contributed by atoms with E-state index < -0.39 is 5.92 Å². The van der Waals surface area contributed by atoms with Crippen LogP contribution in [0.25, 0.3) is 11.0 Å². The van der Waals surface area contributed by atoms with Gasteiger partial charge in [0.2, 0.25) is 0 Å². The SMILES string of the molecule is CC(F)(F)c1ccccc1Cn1c(C2CCC(N3CCCCC3)CC2)nc2cc(C=O)ccc21. The molecule has 0 unspecified atom stereocenters. The van der Waals surface area contributed by atoms with Crippen LogP contribution in [0.4, 0.5) is 8.78 Å². The second-order valence-corrected chi connectivity index (χ2v) is 10.1. The highest BCUT2D eigenvalue weighted by molar-refractivity contribution is 5.85. The molecule has 0 spiro atoms. The summed E-state index contributed by atoms with van der Waals surface area (Å²) < 4.78 is 30.8. The number of piperidine rings is 1. The predicted octanol–water partition coefficient (Wildman–Crippen LogP) is 6.52. The molecule has 0 radical (unpaired) electrons. The van der Waals surface area contributed by atoms with Crippen molar-refractivity contribution in [1.82, 2.24) is 14.5 Å². The van der Waals surface area contributed by atoms with Crippen LogP contribution < -0.4 is 0 Å². The molecule has 1 saturated carbocycles. The highest BCUT2D eigenvalue weighted by atomic mass is 19.3. The van der Waals surface area contributed by atoms with Crippen molar-refractivity contribution in [2.75, 3.05) is 13.1 Å². The molecule has 3 aromatic rings. The van der Waals surface area contributed by atoms with Crippen LogP contribution in [-0.2, 0) is 12.5 Å². The zero-order valence-corrected chi connectivity index (χ0v) is 19.9. The first kappa shape index (κ1) is 23.2. The number of aromatic nitrogens is 2. The number of benzene rings is 2. The van der Waals surface area contributed by atoms with Gasteiger partial charge < -0.3 is 9.47 Å². The topological polar surface area (TPSA) is 38.1 Å². The number of hydrogen-bond acceptors (Lipinski definition) is 3. The molecule has 1 saturated heterocycles. The Labute approximate surface area is 200 Å². The second-order valence-electron chi connectivity index (χ2n) is 10.1. The Morgan fingerprint density at radius 3 is 2.47 bits per heavy atom. The van der Waals surface area contributed by atoms with Crippen LogP contribution in [0.15, 0.2) is 42.5 Å². The maximum absolute atomic E-state index is 14.4. The van der Waals surface area contributed by atoms with Crippen LogP contribution >= 0.6 is 0 Å². The first-order chi connectivity index (χ1) is 16.4. The average molecular weight is 466 g/mol. The molecule has 0 bridgehead atoms. The first-order valence-corrected chi connectivity index (χ1v) is 12.6. The lowest BCUT2D eigenvalue weighted by molar-refractivity contribution is 0.0164. The minimum Gasteiger partial charge on any atom is -0.323 e. The molecule has 0 N–H and O–H groups in total. The molecule has 0 atom stereocenters. The van der Waals surface area contributed by atoms with Gasteiger partial charge in [0.05, 0.1) is 11.0 Å². The number of halogens is 2. The molecule has 2 heterocycles. The van der Waals surface area contributed by atoms with Crippen molar-refractivity contribution in [1.29, 1.82) is 0 Å². The number of hydrogen-bond donors (Lipinski definition) is 0. The van der Waals surface area contributed by atoms with Crippen molar-refractivity contribution in [3.05, 3.63) is 65.0 Å². The van der Waals surface area contributed by atoms with E-state index in [4.69, 9.17) is 4.98 Å². The van der Waals surface area contributed by atoms with Gasteiger partial charge in [-0.15, -0.1) is 0 Å². The largest absolute Gasteiger partial charge is 0.323 e. The quantitative estimate of drug-likeness (QED) is 0.389. The monoisotopic (exact) mass is 465 g/mol. The smallest absolute Gasteiger partial charge is 0.270 e. The van der Waals surface area contributed by atoms with Gasteiger partial charge in [-0.05, 0) is 75.4 Å². The van der Waals surface area contributed by atoms with Crippen molar-refractivity contribution >= 4 is 17.3 Å². The summed E-state index contributed by atoms with van der Waals surface area (Å²) in [5, 5.41) is 0. The van der Waals surface area contributed by atoms with Gasteiger partial charge in [-0.25, -0.2) is 13.8 Å². The molecule has 1 aromatic heterocycles. The number of likely N-dealkylation sites (tertiary alicyclic amines) is 1. The van der Waals surface area contributed by atoms with E-state index in [1.807, 2.05) is 18.2 Å². The van der Waals surface area contributed by atoms with Crippen LogP contribution in [0.1, 0.15) is 85.1 Å². The Morgan fingerprint density at radius 2 is 1.76 bits per heavy atom. The summed E-state index contributed by atoms with van der Waals surface area (Å²) in [6, 6.07) is 12.9. The minimum atomic E-state index is -2.91. The van der Waals surface area contributed by atoms with E-state index in [-0.39, 0.29) is 5.56 Å². The van der Waals surface area contributed by atoms with Crippen molar-refractivity contribution in [3.8, 4) is 0 Å². The van der Waals surface area contributed by atoms with Gasteiger partial charge in [0.1, 0.15) is 12.1 Å². The summed E-state index contributed by atoms with van der Waals surface area (Å²) in [4.78, 5) is 19.0. The van der Waals surface area contributed by atoms with E-state index in [9.17, 15) is 13.6 Å². The molecule has 5 rings (SSSR count). The van der Waals surface area contributed by atoms with Crippen LogP contribution in [0.5, 0.6) is 0 Å². The van der Waals surface area contributed by atoms with Crippen LogP contribution in [-0.4, -0.2) is 39.9 Å². The Morgan fingerprint density at radius 1 is 1.03 bits per heavy atom. The summed E-state index contributed by atoms with van der Waals surface area (Å²) in [7, 11) is 0. The molecule has 2 aromatic carbocycles. The van der Waals surface area contributed by atoms with E-state index >= 15 is 0 Å². The highest BCUT2D eigenvalue weighted by Crippen LogP contribution is 2.38. The van der Waals surface area contributed by atoms with Gasteiger partial charge in [0, 0.05) is 36.6 Å². The molecular weight excluding hydrogens is 432 g/mol. The summed E-state index contributed by atoms with van der Waals surface area (Å²) in [6.45, 7) is 3.73. The van der Waals surface area contributed by atoms with Crippen molar-refractivity contribution in [2.24, 2.45) is 0 Å². The number of nitrogens with zero attached hydrogens (tertiary/aromatic N) is 3. The lowest BCUT2D eigenvalue weighted by atomic mass is 9.84.